The summed E-state index contributed by atoms with van der Waals surface area (Å²) < 4.78 is 0. The molecule has 7 nitrogen and oxygen atoms in total. The van der Waals surface area contributed by atoms with Gasteiger partial charge in [-0.15, -0.1) is 0 Å². The zero-order valence-corrected chi connectivity index (χ0v) is 11.6. The summed E-state index contributed by atoms with van der Waals surface area (Å²) in [5.41, 5.74) is 2.43. The smallest absolute Gasteiger partial charge is 0.337 e. The lowest BCUT2D eigenvalue weighted by Gasteiger charge is -2.04. The quantitative estimate of drug-likeness (QED) is 0.692. The van der Waals surface area contributed by atoms with Crippen molar-refractivity contribution in [2.75, 3.05) is 6.54 Å². The van der Waals surface area contributed by atoms with E-state index in [1.54, 1.807) is 6.20 Å². The summed E-state index contributed by atoms with van der Waals surface area (Å²) in [5, 5.41) is 18.3. The van der Waals surface area contributed by atoms with Gasteiger partial charge in [0.2, 0.25) is 0 Å². The van der Waals surface area contributed by atoms with Gasteiger partial charge < -0.3 is 10.4 Å². The number of pyridine rings is 1. The van der Waals surface area contributed by atoms with Crippen molar-refractivity contribution in [2.24, 2.45) is 0 Å². The molecule has 0 aliphatic rings. The van der Waals surface area contributed by atoms with E-state index in [0.717, 1.165) is 24.1 Å². The summed E-state index contributed by atoms with van der Waals surface area (Å²) in [6.07, 6.45) is 4.57. The third-order valence-electron chi connectivity index (χ3n) is 3.09. The van der Waals surface area contributed by atoms with Crippen LogP contribution in [0.15, 0.2) is 24.5 Å². The third kappa shape index (κ3) is 3.88. The van der Waals surface area contributed by atoms with Gasteiger partial charge >= 0.3 is 5.97 Å². The molecule has 0 aliphatic carbocycles. The highest BCUT2D eigenvalue weighted by Crippen LogP contribution is 2.05. The molecule has 110 valence electrons. The fourth-order valence-corrected chi connectivity index (χ4v) is 1.85. The van der Waals surface area contributed by atoms with E-state index in [2.05, 4.69) is 20.5 Å². The van der Waals surface area contributed by atoms with Gasteiger partial charge in [0.05, 0.1) is 11.8 Å². The SMILES string of the molecule is Cc1[nH]ncc1CCCNC(=O)c1ccc(C(=O)O)cn1. The second-order valence-electron chi connectivity index (χ2n) is 4.62. The first kappa shape index (κ1) is 14.7. The van der Waals surface area contributed by atoms with Gasteiger partial charge in [-0.2, -0.15) is 5.10 Å². The zero-order chi connectivity index (χ0) is 15.2. The lowest BCUT2D eigenvalue weighted by Crippen LogP contribution is -2.25. The number of carboxylic acids is 1. The molecule has 0 atom stereocenters. The van der Waals surface area contributed by atoms with Crippen molar-refractivity contribution in [3.63, 3.8) is 0 Å². The molecule has 0 unspecified atom stereocenters. The molecule has 2 aromatic heterocycles. The van der Waals surface area contributed by atoms with E-state index in [4.69, 9.17) is 5.11 Å². The van der Waals surface area contributed by atoms with Crippen LogP contribution in [0.25, 0.3) is 0 Å². The number of aryl methyl sites for hydroxylation is 2. The Balaban J connectivity index is 1.79. The van der Waals surface area contributed by atoms with E-state index < -0.39 is 5.97 Å². The molecule has 21 heavy (non-hydrogen) atoms. The molecular weight excluding hydrogens is 272 g/mol. The Labute approximate surface area is 121 Å². The summed E-state index contributed by atoms with van der Waals surface area (Å²) in [6, 6.07) is 2.76. The number of carbonyl (C=O) groups is 2. The van der Waals surface area contributed by atoms with E-state index >= 15 is 0 Å². The maximum absolute atomic E-state index is 11.8. The van der Waals surface area contributed by atoms with Crippen LogP contribution in [0.2, 0.25) is 0 Å². The minimum absolute atomic E-state index is 0.0574. The van der Waals surface area contributed by atoms with E-state index in [0.29, 0.717) is 6.54 Å². The van der Waals surface area contributed by atoms with Crippen LogP contribution in [0, 0.1) is 6.92 Å². The van der Waals surface area contributed by atoms with Crippen LogP contribution in [0.3, 0.4) is 0 Å². The number of nitrogens with zero attached hydrogens (tertiary/aromatic N) is 2. The highest BCUT2D eigenvalue weighted by molar-refractivity contribution is 5.93. The molecule has 0 spiro atoms. The predicted molar refractivity (Wildman–Crippen MR) is 75.2 cm³/mol. The summed E-state index contributed by atoms with van der Waals surface area (Å²) in [4.78, 5) is 26.3. The molecule has 0 saturated carbocycles. The molecule has 0 fully saturated rings. The molecule has 2 aromatic rings. The van der Waals surface area contributed by atoms with Crippen LogP contribution >= 0.6 is 0 Å². The number of rotatable bonds is 6. The number of aromatic nitrogens is 3. The normalized spacial score (nSPS) is 10.3. The second-order valence-corrected chi connectivity index (χ2v) is 4.62. The fourth-order valence-electron chi connectivity index (χ4n) is 1.85. The van der Waals surface area contributed by atoms with Gasteiger partial charge in [-0.3, -0.25) is 14.9 Å². The van der Waals surface area contributed by atoms with E-state index in [-0.39, 0.29) is 17.2 Å². The summed E-state index contributed by atoms with van der Waals surface area (Å²) >= 11 is 0. The van der Waals surface area contributed by atoms with Crippen molar-refractivity contribution >= 4 is 11.9 Å². The van der Waals surface area contributed by atoms with Gasteiger partial charge in [0.1, 0.15) is 5.69 Å². The number of aromatic amines is 1. The number of carboxylic acid groups (broad SMARTS) is 1. The molecule has 7 heteroatoms. The van der Waals surface area contributed by atoms with Crippen molar-refractivity contribution in [3.05, 3.63) is 47.0 Å². The number of carbonyl (C=O) groups excluding carboxylic acids is 1. The lowest BCUT2D eigenvalue weighted by molar-refractivity contribution is 0.0695. The highest BCUT2D eigenvalue weighted by Gasteiger charge is 2.09. The van der Waals surface area contributed by atoms with Crippen molar-refractivity contribution in [2.45, 2.75) is 19.8 Å². The molecule has 3 N–H and O–H groups in total. The van der Waals surface area contributed by atoms with Crippen molar-refractivity contribution < 1.29 is 14.7 Å². The topological polar surface area (TPSA) is 108 Å². The van der Waals surface area contributed by atoms with Gasteiger partial charge in [0.25, 0.3) is 5.91 Å². The Morgan fingerprint density at radius 3 is 2.71 bits per heavy atom. The Morgan fingerprint density at radius 1 is 1.33 bits per heavy atom. The number of hydrogen-bond acceptors (Lipinski definition) is 4. The van der Waals surface area contributed by atoms with Gasteiger partial charge in [-0.1, -0.05) is 0 Å². The first-order chi connectivity index (χ1) is 10.1. The highest BCUT2D eigenvalue weighted by atomic mass is 16.4. The average molecular weight is 288 g/mol. The van der Waals surface area contributed by atoms with Crippen LogP contribution in [0.4, 0.5) is 0 Å². The molecule has 0 saturated heterocycles. The Morgan fingerprint density at radius 2 is 2.14 bits per heavy atom. The van der Waals surface area contributed by atoms with Crippen LogP contribution in [0.5, 0.6) is 0 Å². The molecule has 0 aromatic carbocycles. The molecular formula is C14H16N4O3. The van der Waals surface area contributed by atoms with E-state index in [9.17, 15) is 9.59 Å². The van der Waals surface area contributed by atoms with E-state index in [1.807, 2.05) is 6.92 Å². The minimum Gasteiger partial charge on any atom is -0.478 e. The van der Waals surface area contributed by atoms with Crippen molar-refractivity contribution in [3.8, 4) is 0 Å². The molecule has 0 bridgehead atoms. The maximum Gasteiger partial charge on any atom is 0.337 e. The molecule has 0 radical (unpaired) electrons. The largest absolute Gasteiger partial charge is 0.478 e. The second kappa shape index (κ2) is 6.65. The van der Waals surface area contributed by atoms with Gasteiger partial charge in [-0.05, 0) is 37.5 Å². The van der Waals surface area contributed by atoms with Gasteiger partial charge in [0.15, 0.2) is 0 Å². The van der Waals surface area contributed by atoms with Crippen molar-refractivity contribution in [1.82, 2.24) is 20.5 Å². The zero-order valence-electron chi connectivity index (χ0n) is 11.6. The Hall–Kier alpha value is -2.70. The number of H-pyrrole nitrogens is 1. The standard InChI is InChI=1S/C14H16N4O3/c1-9-10(8-17-18-9)3-2-6-15-13(19)12-5-4-11(7-16-12)14(20)21/h4-5,7-8H,2-3,6H2,1H3,(H,15,19)(H,17,18)(H,20,21). The fraction of sp³-hybridized carbons (Fsp3) is 0.286. The first-order valence-corrected chi connectivity index (χ1v) is 6.54. The minimum atomic E-state index is -1.06. The van der Waals surface area contributed by atoms with Crippen LogP contribution in [0.1, 0.15) is 38.5 Å². The number of aromatic carboxylic acids is 1. The maximum atomic E-state index is 11.8. The monoisotopic (exact) mass is 288 g/mol. The molecule has 1 amide bonds. The first-order valence-electron chi connectivity index (χ1n) is 6.54. The van der Waals surface area contributed by atoms with Crippen LogP contribution in [-0.2, 0) is 6.42 Å². The Kier molecular flexibility index (Phi) is 4.65. The van der Waals surface area contributed by atoms with Crippen LogP contribution in [-0.4, -0.2) is 38.7 Å². The summed E-state index contributed by atoms with van der Waals surface area (Å²) in [5.74, 6) is -1.37. The van der Waals surface area contributed by atoms with E-state index in [1.165, 1.54) is 18.3 Å². The molecule has 2 heterocycles. The third-order valence-corrected chi connectivity index (χ3v) is 3.09. The Bertz CT molecular complexity index is 634. The number of hydrogen-bond donors (Lipinski definition) is 3. The van der Waals surface area contributed by atoms with Gasteiger partial charge in [0, 0.05) is 18.4 Å². The summed E-state index contributed by atoms with van der Waals surface area (Å²) in [7, 11) is 0. The van der Waals surface area contributed by atoms with Gasteiger partial charge in [-0.25, -0.2) is 4.79 Å². The molecule has 2 rings (SSSR count). The molecule has 0 aliphatic heterocycles. The summed E-state index contributed by atoms with van der Waals surface area (Å²) in [6.45, 7) is 2.47. The number of amides is 1. The number of nitrogens with one attached hydrogen (secondary N) is 2. The predicted octanol–water partition coefficient (Wildman–Crippen LogP) is 1.17. The average Bonchev–Trinajstić information content (AvgIpc) is 2.89. The van der Waals surface area contributed by atoms with Crippen molar-refractivity contribution in [1.29, 1.82) is 0 Å². The lowest BCUT2D eigenvalue weighted by atomic mass is 10.1. The van der Waals surface area contributed by atoms with Crippen LogP contribution < -0.4 is 5.32 Å².